The van der Waals surface area contributed by atoms with Crippen molar-refractivity contribution in [1.82, 2.24) is 4.98 Å². The van der Waals surface area contributed by atoms with Crippen LogP contribution in [0.4, 0.5) is 24.8 Å². The molecule has 1 fully saturated rings. The van der Waals surface area contributed by atoms with Crippen LogP contribution >= 0.6 is 0 Å². The minimum Gasteiger partial charge on any atom is -0.377 e. The van der Waals surface area contributed by atoms with Crippen molar-refractivity contribution in [1.29, 1.82) is 0 Å². The van der Waals surface area contributed by atoms with Crippen molar-refractivity contribution in [2.45, 2.75) is 32.0 Å². The number of nitrogens with zero attached hydrogens (tertiary/aromatic N) is 2. The average molecular weight is 304 g/mol. The number of halogens is 3. The summed E-state index contributed by atoms with van der Waals surface area (Å²) in [7, 11) is 0. The Labute approximate surface area is 121 Å². The first-order chi connectivity index (χ1) is 9.94. The molecule has 0 amide bonds. The lowest BCUT2D eigenvalue weighted by molar-refractivity contribution is -0.137. The molecule has 21 heavy (non-hydrogen) atoms. The van der Waals surface area contributed by atoms with Crippen LogP contribution in [0.15, 0.2) is 12.1 Å². The third-order valence-electron chi connectivity index (χ3n) is 3.39. The van der Waals surface area contributed by atoms with E-state index >= 15 is 0 Å². The van der Waals surface area contributed by atoms with Gasteiger partial charge in [-0.05, 0) is 31.9 Å². The zero-order chi connectivity index (χ0) is 15.5. The number of ether oxygens (including phenoxy) is 1. The third-order valence-corrected chi connectivity index (χ3v) is 3.39. The molecule has 1 aliphatic heterocycles. The second kappa shape index (κ2) is 6.48. The van der Waals surface area contributed by atoms with Crippen molar-refractivity contribution in [2.75, 3.05) is 30.0 Å². The zero-order valence-electron chi connectivity index (χ0n) is 11.8. The molecule has 1 atom stereocenters. The van der Waals surface area contributed by atoms with Crippen LogP contribution in [0, 0.1) is 0 Å². The smallest absolute Gasteiger partial charge is 0.377 e. The molecule has 2 heterocycles. The Bertz CT molecular complexity index is 479. The van der Waals surface area contributed by atoms with Gasteiger partial charge in [-0.25, -0.2) is 10.8 Å². The Morgan fingerprint density at radius 1 is 1.48 bits per heavy atom. The van der Waals surface area contributed by atoms with Gasteiger partial charge >= 0.3 is 6.18 Å². The number of piperidine rings is 1. The molecule has 0 aromatic carbocycles. The first-order valence-corrected chi connectivity index (χ1v) is 6.86. The van der Waals surface area contributed by atoms with Crippen molar-refractivity contribution in [3.05, 3.63) is 17.7 Å². The molecule has 118 valence electrons. The highest BCUT2D eigenvalue weighted by molar-refractivity contribution is 5.51. The molecule has 1 aromatic rings. The summed E-state index contributed by atoms with van der Waals surface area (Å²) < 4.78 is 44.3. The van der Waals surface area contributed by atoms with E-state index in [0.717, 1.165) is 25.0 Å². The maximum Gasteiger partial charge on any atom is 0.416 e. The number of hydrogen-bond donors (Lipinski definition) is 2. The second-order valence-corrected chi connectivity index (χ2v) is 4.91. The highest BCUT2D eigenvalue weighted by Gasteiger charge is 2.32. The molecule has 1 saturated heterocycles. The maximum atomic E-state index is 12.9. The molecule has 0 spiro atoms. The van der Waals surface area contributed by atoms with E-state index in [9.17, 15) is 13.2 Å². The molecular formula is C13H19F3N4O. The van der Waals surface area contributed by atoms with E-state index in [0.29, 0.717) is 19.7 Å². The van der Waals surface area contributed by atoms with Crippen molar-refractivity contribution in [2.24, 2.45) is 5.84 Å². The number of alkyl halides is 3. The Morgan fingerprint density at radius 2 is 2.24 bits per heavy atom. The van der Waals surface area contributed by atoms with Gasteiger partial charge in [0.25, 0.3) is 0 Å². The van der Waals surface area contributed by atoms with Gasteiger partial charge in [0, 0.05) is 19.7 Å². The molecule has 5 nitrogen and oxygen atoms in total. The molecule has 0 bridgehead atoms. The first-order valence-electron chi connectivity index (χ1n) is 6.86. The molecule has 1 unspecified atom stereocenters. The van der Waals surface area contributed by atoms with Crippen molar-refractivity contribution in [3.63, 3.8) is 0 Å². The van der Waals surface area contributed by atoms with Crippen LogP contribution in [0.2, 0.25) is 0 Å². The Hall–Kier alpha value is -1.54. The first kappa shape index (κ1) is 15.8. The summed E-state index contributed by atoms with van der Waals surface area (Å²) in [5.41, 5.74) is 1.42. The summed E-state index contributed by atoms with van der Waals surface area (Å²) in [6.07, 6.45) is -2.65. The summed E-state index contributed by atoms with van der Waals surface area (Å²) >= 11 is 0. The average Bonchev–Trinajstić information content (AvgIpc) is 2.46. The van der Waals surface area contributed by atoms with Crippen LogP contribution in [0.25, 0.3) is 0 Å². The molecule has 8 heteroatoms. The summed E-state index contributed by atoms with van der Waals surface area (Å²) in [5.74, 6) is 5.48. The van der Waals surface area contributed by atoms with Crippen molar-refractivity contribution >= 4 is 11.6 Å². The number of nitrogens with two attached hydrogens (primary N) is 1. The van der Waals surface area contributed by atoms with E-state index in [1.54, 1.807) is 4.90 Å². The Balaban J connectivity index is 2.25. The van der Waals surface area contributed by atoms with Crippen LogP contribution in [-0.4, -0.2) is 30.8 Å². The number of aromatic nitrogens is 1. The molecule has 3 N–H and O–H groups in total. The molecule has 1 aliphatic rings. The van der Waals surface area contributed by atoms with E-state index < -0.39 is 11.7 Å². The minimum absolute atomic E-state index is 0.00152. The van der Waals surface area contributed by atoms with E-state index in [-0.39, 0.29) is 17.7 Å². The van der Waals surface area contributed by atoms with Crippen LogP contribution in [0.5, 0.6) is 0 Å². The van der Waals surface area contributed by atoms with Crippen molar-refractivity contribution < 1.29 is 17.9 Å². The van der Waals surface area contributed by atoms with E-state index in [4.69, 9.17) is 10.6 Å². The number of nitrogen functional groups attached to an aromatic ring is 1. The minimum atomic E-state index is -4.43. The number of hydrogen-bond acceptors (Lipinski definition) is 5. The number of pyridine rings is 1. The Kier molecular flexibility index (Phi) is 4.89. The molecular weight excluding hydrogens is 285 g/mol. The molecule has 0 aliphatic carbocycles. The molecule has 0 radical (unpaired) electrons. The van der Waals surface area contributed by atoms with E-state index in [2.05, 4.69) is 10.4 Å². The van der Waals surface area contributed by atoms with Gasteiger partial charge in [-0.1, -0.05) is 0 Å². The lowest BCUT2D eigenvalue weighted by Crippen LogP contribution is -2.40. The van der Waals surface area contributed by atoms with E-state index in [1.165, 1.54) is 0 Å². The van der Waals surface area contributed by atoms with Crippen LogP contribution < -0.4 is 16.2 Å². The largest absolute Gasteiger partial charge is 0.416 e. The van der Waals surface area contributed by atoms with Gasteiger partial charge in [-0.2, -0.15) is 13.2 Å². The predicted octanol–water partition coefficient (Wildman–Crippen LogP) is 2.39. The van der Waals surface area contributed by atoms with Gasteiger partial charge in [0.05, 0.1) is 11.7 Å². The van der Waals surface area contributed by atoms with Gasteiger partial charge in [0.2, 0.25) is 0 Å². The van der Waals surface area contributed by atoms with Crippen molar-refractivity contribution in [3.8, 4) is 0 Å². The molecule has 1 aromatic heterocycles. The van der Waals surface area contributed by atoms with Crippen LogP contribution in [-0.2, 0) is 10.9 Å². The van der Waals surface area contributed by atoms with Gasteiger partial charge in [-0.3, -0.25) is 0 Å². The number of nitrogens with one attached hydrogen (secondary N) is 1. The fourth-order valence-electron chi connectivity index (χ4n) is 2.43. The molecule has 0 saturated carbocycles. The summed E-state index contributed by atoms with van der Waals surface area (Å²) in [6, 6.07) is 1.95. The lowest BCUT2D eigenvalue weighted by Gasteiger charge is -2.33. The van der Waals surface area contributed by atoms with Crippen LogP contribution in [0.1, 0.15) is 25.3 Å². The fraction of sp³-hybridized carbons (Fsp3) is 0.615. The molecule has 2 rings (SSSR count). The standard InChI is InChI=1S/C13H19F3N4O/c1-2-21-10-4-3-5-20(8-10)12-7-9(13(14,15)16)6-11(18-12)19-17/h6-7,10H,2-5,8,17H2,1H3,(H,18,19). The highest BCUT2D eigenvalue weighted by Crippen LogP contribution is 2.33. The Morgan fingerprint density at radius 3 is 2.86 bits per heavy atom. The predicted molar refractivity (Wildman–Crippen MR) is 73.9 cm³/mol. The van der Waals surface area contributed by atoms with E-state index in [1.807, 2.05) is 6.92 Å². The third kappa shape index (κ3) is 3.98. The monoisotopic (exact) mass is 304 g/mol. The second-order valence-electron chi connectivity index (χ2n) is 4.91. The van der Waals surface area contributed by atoms with Gasteiger partial charge in [0.1, 0.15) is 11.6 Å². The number of hydrazine groups is 1. The highest BCUT2D eigenvalue weighted by atomic mass is 19.4. The normalized spacial score (nSPS) is 19.7. The van der Waals surface area contributed by atoms with Crippen LogP contribution in [0.3, 0.4) is 0 Å². The van der Waals surface area contributed by atoms with Gasteiger partial charge in [0.15, 0.2) is 0 Å². The summed E-state index contributed by atoms with van der Waals surface area (Å²) in [6.45, 7) is 3.68. The summed E-state index contributed by atoms with van der Waals surface area (Å²) in [5, 5.41) is 0. The van der Waals surface area contributed by atoms with Gasteiger partial charge < -0.3 is 15.1 Å². The maximum absolute atomic E-state index is 12.9. The quantitative estimate of drug-likeness (QED) is 0.660. The fourth-order valence-corrected chi connectivity index (χ4v) is 2.43. The number of anilines is 2. The topological polar surface area (TPSA) is 63.4 Å². The number of rotatable bonds is 4. The lowest BCUT2D eigenvalue weighted by atomic mass is 10.1. The summed E-state index contributed by atoms with van der Waals surface area (Å²) in [4.78, 5) is 5.92. The zero-order valence-corrected chi connectivity index (χ0v) is 11.8. The SMILES string of the molecule is CCOC1CCCN(c2cc(C(F)(F)F)cc(NN)n2)C1. The van der Waals surface area contributed by atoms with Gasteiger partial charge in [-0.15, -0.1) is 0 Å².